The summed E-state index contributed by atoms with van der Waals surface area (Å²) in [5.74, 6) is 0.114. The van der Waals surface area contributed by atoms with Crippen LogP contribution in [-0.4, -0.2) is 34.5 Å². The van der Waals surface area contributed by atoms with Crippen molar-refractivity contribution in [3.05, 3.63) is 28.0 Å². The van der Waals surface area contributed by atoms with E-state index in [1.54, 1.807) is 31.1 Å². The highest BCUT2D eigenvalue weighted by Crippen LogP contribution is 2.30. The van der Waals surface area contributed by atoms with Crippen molar-refractivity contribution in [1.82, 2.24) is 14.5 Å². The van der Waals surface area contributed by atoms with E-state index < -0.39 is 0 Å². The minimum atomic E-state index is 0.0439. The number of aryl methyl sites for hydroxylation is 1. The van der Waals surface area contributed by atoms with Crippen LogP contribution >= 0.6 is 0 Å². The zero-order valence-electron chi connectivity index (χ0n) is 9.78. The van der Waals surface area contributed by atoms with Crippen molar-refractivity contribution >= 4 is 22.3 Å². The average Bonchev–Trinajstić information content (AvgIpc) is 2.82. The first-order valence-corrected chi connectivity index (χ1v) is 5.56. The number of rotatable bonds is 3. The van der Waals surface area contributed by atoms with Crippen LogP contribution in [0.5, 0.6) is 0 Å². The van der Waals surface area contributed by atoms with E-state index in [0.717, 1.165) is 22.1 Å². The molecule has 0 atom stereocenters. The Morgan fingerprint density at radius 2 is 2.00 bits per heavy atom. The molecule has 4 aromatic heterocycles. The second-order valence-corrected chi connectivity index (χ2v) is 4.55. The maximum Gasteiger partial charge on any atom is 0.222 e. The predicted octanol–water partition coefficient (Wildman–Crippen LogP) is 0.677. The lowest BCUT2D eigenvalue weighted by Crippen LogP contribution is -2.21. The van der Waals surface area contributed by atoms with Gasteiger partial charge in [0.1, 0.15) is 0 Å². The third-order valence-corrected chi connectivity index (χ3v) is 3.19. The molecule has 0 unspecified atom stereocenters. The van der Waals surface area contributed by atoms with Gasteiger partial charge in [0.2, 0.25) is 5.91 Å². The van der Waals surface area contributed by atoms with Crippen molar-refractivity contribution in [2.45, 2.75) is 12.8 Å². The van der Waals surface area contributed by atoms with Gasteiger partial charge in [-0.05, 0) is 6.42 Å². The summed E-state index contributed by atoms with van der Waals surface area (Å²) in [4.78, 5) is 24.3. The minimum absolute atomic E-state index is 0.0439. The standard InChI is InChI=1S/C12H13N3O2/c1-14(2)11(17)4-3-8-12-9-5-7(16)6-10(12)15(9)13-8/h5-6,13H,3-4H2,1-2H3. The summed E-state index contributed by atoms with van der Waals surface area (Å²) in [5.41, 5.74) is 2.98. The lowest BCUT2D eigenvalue weighted by molar-refractivity contribution is -0.128. The van der Waals surface area contributed by atoms with Crippen LogP contribution < -0.4 is 5.43 Å². The molecule has 17 heavy (non-hydrogen) atoms. The maximum absolute atomic E-state index is 11.5. The highest BCUT2D eigenvalue weighted by atomic mass is 16.2. The number of H-pyrrole nitrogens is 1. The van der Waals surface area contributed by atoms with Crippen molar-refractivity contribution in [3.8, 4) is 0 Å². The van der Waals surface area contributed by atoms with Crippen molar-refractivity contribution in [3.63, 3.8) is 0 Å². The third kappa shape index (κ3) is 1.32. The number of aromatic nitrogens is 2. The van der Waals surface area contributed by atoms with Crippen molar-refractivity contribution in [2.24, 2.45) is 0 Å². The van der Waals surface area contributed by atoms with Crippen LogP contribution in [0.1, 0.15) is 12.1 Å². The molecule has 4 bridgehead atoms. The number of carbonyl (C=O) groups is 1. The molecular weight excluding hydrogens is 218 g/mol. The summed E-state index contributed by atoms with van der Waals surface area (Å²) in [7, 11) is 3.51. The molecule has 4 heterocycles. The predicted molar refractivity (Wildman–Crippen MR) is 64.9 cm³/mol. The van der Waals surface area contributed by atoms with Crippen LogP contribution in [0.2, 0.25) is 0 Å². The number of hydrogen-bond acceptors (Lipinski definition) is 2. The molecular formula is C12H13N3O2. The average molecular weight is 231 g/mol. The Morgan fingerprint density at radius 1 is 1.35 bits per heavy atom. The number of amides is 1. The summed E-state index contributed by atoms with van der Waals surface area (Å²) in [5, 5.41) is 4.31. The first kappa shape index (κ1) is 10.1. The fraction of sp³-hybridized carbons (Fsp3) is 0.333. The van der Waals surface area contributed by atoms with Crippen LogP contribution in [0.15, 0.2) is 16.9 Å². The first-order chi connectivity index (χ1) is 8.08. The van der Waals surface area contributed by atoms with Gasteiger partial charge in [0.15, 0.2) is 5.43 Å². The van der Waals surface area contributed by atoms with Gasteiger partial charge in [-0.2, -0.15) is 0 Å². The monoisotopic (exact) mass is 231 g/mol. The molecule has 0 aromatic carbocycles. The molecule has 0 aliphatic carbocycles. The highest BCUT2D eigenvalue weighted by Gasteiger charge is 2.20. The van der Waals surface area contributed by atoms with Crippen molar-refractivity contribution < 1.29 is 4.79 Å². The van der Waals surface area contributed by atoms with E-state index in [2.05, 4.69) is 5.10 Å². The van der Waals surface area contributed by atoms with E-state index >= 15 is 0 Å². The molecule has 1 N–H and O–H groups in total. The van der Waals surface area contributed by atoms with Gasteiger partial charge in [0.25, 0.3) is 0 Å². The zero-order valence-corrected chi connectivity index (χ0v) is 9.78. The molecule has 1 amide bonds. The number of pyridine rings is 1. The summed E-state index contributed by atoms with van der Waals surface area (Å²) < 4.78 is 1.90. The van der Waals surface area contributed by atoms with Crippen LogP contribution in [0.4, 0.5) is 0 Å². The van der Waals surface area contributed by atoms with Gasteiger partial charge in [0.05, 0.1) is 11.0 Å². The molecule has 5 nitrogen and oxygen atoms in total. The number of aromatic amines is 1. The van der Waals surface area contributed by atoms with Gasteiger partial charge in [-0.3, -0.25) is 19.2 Å². The summed E-state index contributed by atoms with van der Waals surface area (Å²) in [6.07, 6.45) is 1.17. The largest absolute Gasteiger partial charge is 0.349 e. The molecule has 0 aliphatic rings. The van der Waals surface area contributed by atoms with Gasteiger partial charge in [-0.25, -0.2) is 0 Å². The molecule has 4 rings (SSSR count). The normalized spacial score (nSPS) is 11.9. The Morgan fingerprint density at radius 3 is 2.59 bits per heavy atom. The molecule has 4 aromatic rings. The van der Waals surface area contributed by atoms with Gasteiger partial charge in [0, 0.05) is 43.7 Å². The molecule has 0 saturated carbocycles. The Kier molecular flexibility index (Phi) is 1.92. The van der Waals surface area contributed by atoms with E-state index in [9.17, 15) is 9.59 Å². The number of hydrogen-bond donors (Lipinski definition) is 1. The summed E-state index contributed by atoms with van der Waals surface area (Å²) in [6.45, 7) is 0. The Balaban J connectivity index is 1.86. The number of fused-ring (bicyclic) bond motifs is 1. The lowest BCUT2D eigenvalue weighted by Gasteiger charge is -2.09. The highest BCUT2D eigenvalue weighted by molar-refractivity contribution is 6.04. The summed E-state index contributed by atoms with van der Waals surface area (Å²) >= 11 is 0. The summed E-state index contributed by atoms with van der Waals surface area (Å²) in [6, 6.07) is 3.24. The van der Waals surface area contributed by atoms with E-state index in [4.69, 9.17) is 0 Å². The topological polar surface area (TPSA) is 57.6 Å². The maximum atomic E-state index is 11.5. The molecule has 5 heteroatoms. The fourth-order valence-electron chi connectivity index (χ4n) is 2.27. The number of benzene rings is 1. The van der Waals surface area contributed by atoms with Crippen LogP contribution in [0.3, 0.4) is 0 Å². The molecule has 0 fully saturated rings. The number of carbonyl (C=O) groups excluding carboxylic acids is 1. The number of nitrogens with one attached hydrogen (secondary N) is 1. The van der Waals surface area contributed by atoms with Gasteiger partial charge < -0.3 is 4.90 Å². The molecule has 0 radical (unpaired) electrons. The van der Waals surface area contributed by atoms with E-state index in [1.807, 2.05) is 4.52 Å². The van der Waals surface area contributed by atoms with Crippen LogP contribution in [-0.2, 0) is 11.2 Å². The van der Waals surface area contributed by atoms with E-state index in [-0.39, 0.29) is 11.3 Å². The number of nitrogens with zero attached hydrogens (tertiary/aromatic N) is 2. The molecule has 0 spiro atoms. The van der Waals surface area contributed by atoms with Gasteiger partial charge >= 0.3 is 0 Å². The zero-order chi connectivity index (χ0) is 12.2. The smallest absolute Gasteiger partial charge is 0.222 e. The Labute approximate surface area is 97.3 Å². The second kappa shape index (κ2) is 3.23. The van der Waals surface area contributed by atoms with Crippen LogP contribution in [0.25, 0.3) is 16.4 Å². The third-order valence-electron chi connectivity index (χ3n) is 3.19. The Hall–Kier alpha value is -2.04. The van der Waals surface area contributed by atoms with Crippen LogP contribution in [0, 0.1) is 0 Å². The van der Waals surface area contributed by atoms with E-state index in [1.165, 1.54) is 0 Å². The SMILES string of the molecule is CN(C)C(=O)CCc1[nH]n2c3cc(=O)cc2c13. The van der Waals surface area contributed by atoms with E-state index in [0.29, 0.717) is 12.8 Å². The van der Waals surface area contributed by atoms with Crippen molar-refractivity contribution in [2.75, 3.05) is 14.1 Å². The lowest BCUT2D eigenvalue weighted by atomic mass is 10.1. The van der Waals surface area contributed by atoms with Gasteiger partial charge in [-0.1, -0.05) is 0 Å². The molecule has 0 saturated heterocycles. The molecule has 0 aliphatic heterocycles. The van der Waals surface area contributed by atoms with Crippen molar-refractivity contribution in [1.29, 1.82) is 0 Å². The second-order valence-electron chi connectivity index (χ2n) is 4.55. The minimum Gasteiger partial charge on any atom is -0.349 e. The molecule has 88 valence electrons. The fourth-order valence-corrected chi connectivity index (χ4v) is 2.27. The van der Waals surface area contributed by atoms with Gasteiger partial charge in [-0.15, -0.1) is 0 Å². The first-order valence-electron chi connectivity index (χ1n) is 5.56. The Bertz CT molecular complexity index is 686. The quantitative estimate of drug-likeness (QED) is 0.720.